The molecule has 3 nitrogen and oxygen atoms in total. The van der Waals surface area contributed by atoms with E-state index in [1.54, 1.807) is 6.92 Å². The van der Waals surface area contributed by atoms with Crippen LogP contribution in [0.25, 0.3) is 0 Å². The van der Waals surface area contributed by atoms with Crippen molar-refractivity contribution in [1.29, 1.82) is 0 Å². The number of thioether (sulfide) groups is 1. The lowest BCUT2D eigenvalue weighted by molar-refractivity contribution is -0.131. The van der Waals surface area contributed by atoms with Gasteiger partial charge in [0.2, 0.25) is 5.91 Å². The Morgan fingerprint density at radius 2 is 2.07 bits per heavy atom. The van der Waals surface area contributed by atoms with Gasteiger partial charge in [-0.2, -0.15) is 11.8 Å². The molecule has 0 saturated heterocycles. The molecule has 0 bridgehead atoms. The summed E-state index contributed by atoms with van der Waals surface area (Å²) in [5.74, 6) is 0.917. The van der Waals surface area contributed by atoms with Gasteiger partial charge in [-0.3, -0.25) is 4.79 Å². The number of hydrogen-bond donors (Lipinski definition) is 1. The smallest absolute Gasteiger partial charge is 0.248 e. The van der Waals surface area contributed by atoms with Crippen LogP contribution >= 0.6 is 11.8 Å². The highest BCUT2D eigenvalue weighted by atomic mass is 32.2. The molecule has 4 heteroatoms. The summed E-state index contributed by atoms with van der Waals surface area (Å²) < 4.78 is 5.44. The SMILES string of the molecule is CCO[C@H](C)C(=O)NCCSC(C)(C)C. The van der Waals surface area contributed by atoms with Gasteiger partial charge in [0.1, 0.15) is 6.10 Å². The third-order valence-corrected chi connectivity index (χ3v) is 3.00. The van der Waals surface area contributed by atoms with Crippen molar-refractivity contribution in [3.05, 3.63) is 0 Å². The minimum absolute atomic E-state index is 0.0219. The van der Waals surface area contributed by atoms with Crippen LogP contribution in [0.4, 0.5) is 0 Å². The summed E-state index contributed by atoms with van der Waals surface area (Å²) in [6.07, 6.45) is -0.338. The molecule has 0 radical (unpaired) electrons. The lowest BCUT2D eigenvalue weighted by Crippen LogP contribution is -2.36. The quantitative estimate of drug-likeness (QED) is 0.714. The standard InChI is InChI=1S/C11H23NO2S/c1-6-14-9(2)10(13)12-7-8-15-11(3,4)5/h9H,6-8H2,1-5H3,(H,12,13)/t9-/m1/s1. The number of carbonyl (C=O) groups is 1. The molecule has 1 atom stereocenters. The Hall–Kier alpha value is -0.220. The number of rotatable bonds is 6. The Labute approximate surface area is 97.3 Å². The first-order valence-electron chi connectivity index (χ1n) is 5.40. The molecule has 0 aliphatic rings. The van der Waals surface area contributed by atoms with E-state index in [9.17, 15) is 4.79 Å². The van der Waals surface area contributed by atoms with Crippen LogP contribution in [0.1, 0.15) is 34.6 Å². The van der Waals surface area contributed by atoms with Crippen LogP contribution in [0.3, 0.4) is 0 Å². The molecule has 0 aliphatic carbocycles. The highest BCUT2D eigenvalue weighted by molar-refractivity contribution is 8.00. The lowest BCUT2D eigenvalue weighted by Gasteiger charge is -2.18. The lowest BCUT2D eigenvalue weighted by atomic mass is 10.3. The van der Waals surface area contributed by atoms with E-state index in [2.05, 4.69) is 26.1 Å². The maximum absolute atomic E-state index is 11.4. The fourth-order valence-corrected chi connectivity index (χ4v) is 1.82. The molecule has 90 valence electrons. The molecule has 1 amide bonds. The Kier molecular flexibility index (Phi) is 7.02. The Morgan fingerprint density at radius 3 is 2.53 bits per heavy atom. The summed E-state index contributed by atoms with van der Waals surface area (Å²) in [5, 5.41) is 2.86. The van der Waals surface area contributed by atoms with E-state index in [4.69, 9.17) is 4.74 Å². The molecule has 0 heterocycles. The molecular formula is C11H23NO2S. The van der Waals surface area contributed by atoms with Gasteiger partial charge >= 0.3 is 0 Å². The monoisotopic (exact) mass is 233 g/mol. The first-order chi connectivity index (χ1) is 6.87. The number of nitrogens with one attached hydrogen (secondary N) is 1. The van der Waals surface area contributed by atoms with Crippen LogP contribution < -0.4 is 5.32 Å². The van der Waals surface area contributed by atoms with E-state index in [0.717, 1.165) is 5.75 Å². The van der Waals surface area contributed by atoms with E-state index in [0.29, 0.717) is 13.2 Å². The maximum atomic E-state index is 11.4. The number of carbonyl (C=O) groups excluding carboxylic acids is 1. The Bertz CT molecular complexity index is 190. The molecule has 0 saturated carbocycles. The molecule has 0 rings (SSSR count). The molecule has 0 spiro atoms. The van der Waals surface area contributed by atoms with Gasteiger partial charge in [-0.05, 0) is 13.8 Å². The molecule has 0 aromatic rings. The number of ether oxygens (including phenoxy) is 1. The van der Waals surface area contributed by atoms with Crippen LogP contribution in [-0.2, 0) is 9.53 Å². The van der Waals surface area contributed by atoms with Crippen LogP contribution in [0.2, 0.25) is 0 Å². The van der Waals surface area contributed by atoms with Gasteiger partial charge in [0.25, 0.3) is 0 Å². The highest BCUT2D eigenvalue weighted by Crippen LogP contribution is 2.21. The predicted molar refractivity (Wildman–Crippen MR) is 66.3 cm³/mol. The van der Waals surface area contributed by atoms with E-state index in [1.807, 2.05) is 18.7 Å². The number of amides is 1. The summed E-state index contributed by atoms with van der Waals surface area (Å²) in [7, 11) is 0. The molecule has 0 aromatic heterocycles. The Balaban J connectivity index is 3.55. The van der Waals surface area contributed by atoms with E-state index in [-0.39, 0.29) is 16.8 Å². The van der Waals surface area contributed by atoms with Crippen molar-refractivity contribution in [2.45, 2.75) is 45.5 Å². The zero-order valence-electron chi connectivity index (χ0n) is 10.4. The number of hydrogen-bond acceptors (Lipinski definition) is 3. The largest absolute Gasteiger partial charge is 0.369 e. The van der Waals surface area contributed by atoms with Gasteiger partial charge in [-0.15, -0.1) is 0 Å². The van der Waals surface area contributed by atoms with Gasteiger partial charge in [0.05, 0.1) is 0 Å². The molecule has 0 fully saturated rings. The summed E-state index contributed by atoms with van der Waals surface area (Å²) in [5.41, 5.74) is 0. The van der Waals surface area contributed by atoms with Crippen LogP contribution in [0, 0.1) is 0 Å². The van der Waals surface area contributed by atoms with Crippen molar-refractivity contribution >= 4 is 17.7 Å². The van der Waals surface area contributed by atoms with E-state index >= 15 is 0 Å². The van der Waals surface area contributed by atoms with Crippen molar-refractivity contribution in [3.8, 4) is 0 Å². The van der Waals surface area contributed by atoms with Crippen molar-refractivity contribution in [1.82, 2.24) is 5.32 Å². The third kappa shape index (κ3) is 8.75. The second-order valence-electron chi connectivity index (χ2n) is 4.35. The molecule has 0 aliphatic heterocycles. The van der Waals surface area contributed by atoms with Gasteiger partial charge in [0.15, 0.2) is 0 Å². The fraction of sp³-hybridized carbons (Fsp3) is 0.909. The maximum Gasteiger partial charge on any atom is 0.248 e. The van der Waals surface area contributed by atoms with Crippen molar-refractivity contribution < 1.29 is 9.53 Å². The second-order valence-corrected chi connectivity index (χ2v) is 6.27. The summed E-state index contributed by atoms with van der Waals surface area (Å²) >= 11 is 1.85. The molecule has 0 unspecified atom stereocenters. The van der Waals surface area contributed by atoms with Crippen LogP contribution in [0.15, 0.2) is 0 Å². The first kappa shape index (κ1) is 14.8. The van der Waals surface area contributed by atoms with E-state index in [1.165, 1.54) is 0 Å². The third-order valence-electron chi connectivity index (χ3n) is 1.72. The molecule has 0 aromatic carbocycles. The van der Waals surface area contributed by atoms with Gasteiger partial charge < -0.3 is 10.1 Å². The van der Waals surface area contributed by atoms with Crippen molar-refractivity contribution in [3.63, 3.8) is 0 Å². The topological polar surface area (TPSA) is 38.3 Å². The fourth-order valence-electron chi connectivity index (χ4n) is 1.00. The van der Waals surface area contributed by atoms with Gasteiger partial charge in [0, 0.05) is 23.7 Å². The normalized spacial score (nSPS) is 13.7. The molecule has 15 heavy (non-hydrogen) atoms. The average Bonchev–Trinajstić information content (AvgIpc) is 2.11. The minimum Gasteiger partial charge on any atom is -0.369 e. The van der Waals surface area contributed by atoms with Gasteiger partial charge in [-0.1, -0.05) is 20.8 Å². The first-order valence-corrected chi connectivity index (χ1v) is 6.38. The highest BCUT2D eigenvalue weighted by Gasteiger charge is 2.13. The van der Waals surface area contributed by atoms with Crippen molar-refractivity contribution in [2.75, 3.05) is 18.9 Å². The zero-order valence-corrected chi connectivity index (χ0v) is 11.2. The molecular weight excluding hydrogens is 210 g/mol. The van der Waals surface area contributed by atoms with Gasteiger partial charge in [-0.25, -0.2) is 0 Å². The average molecular weight is 233 g/mol. The predicted octanol–water partition coefficient (Wildman–Crippen LogP) is 2.06. The van der Waals surface area contributed by atoms with Crippen LogP contribution in [0.5, 0.6) is 0 Å². The summed E-state index contributed by atoms with van der Waals surface area (Å²) in [4.78, 5) is 11.4. The van der Waals surface area contributed by atoms with E-state index < -0.39 is 0 Å². The van der Waals surface area contributed by atoms with Crippen molar-refractivity contribution in [2.24, 2.45) is 0 Å². The Morgan fingerprint density at radius 1 is 1.47 bits per heavy atom. The molecule has 1 N–H and O–H groups in total. The summed E-state index contributed by atoms with van der Waals surface area (Å²) in [6.45, 7) is 11.4. The summed E-state index contributed by atoms with van der Waals surface area (Å²) in [6, 6.07) is 0. The zero-order chi connectivity index (χ0) is 11.9. The minimum atomic E-state index is -0.338. The second kappa shape index (κ2) is 7.12. The van der Waals surface area contributed by atoms with Crippen LogP contribution in [-0.4, -0.2) is 35.7 Å².